The van der Waals surface area contributed by atoms with Gasteiger partial charge in [0.1, 0.15) is 6.26 Å². The van der Waals surface area contributed by atoms with E-state index in [-0.39, 0.29) is 24.4 Å². The summed E-state index contributed by atoms with van der Waals surface area (Å²) in [5, 5.41) is 8.48. The number of primary amides is 1. The number of nitrogens with two attached hydrogens (primary N) is 1. The van der Waals surface area contributed by atoms with Crippen LogP contribution in [0, 0.1) is 11.5 Å². The Morgan fingerprint density at radius 2 is 2.38 bits per heavy atom. The van der Waals surface area contributed by atoms with Crippen LogP contribution in [0.2, 0.25) is 0 Å². The molecule has 0 aliphatic rings. The van der Waals surface area contributed by atoms with E-state index in [9.17, 15) is 9.59 Å². The molecule has 2 amide bonds. The Bertz CT molecular complexity index is 446. The Hall–Kier alpha value is -2.36. The first-order valence-corrected chi connectivity index (χ1v) is 4.45. The lowest BCUT2D eigenvalue weighted by Crippen LogP contribution is -2.21. The van der Waals surface area contributed by atoms with Crippen LogP contribution >= 0.6 is 0 Å². The zero-order chi connectivity index (χ0) is 12.1. The first-order chi connectivity index (χ1) is 7.54. The summed E-state index contributed by atoms with van der Waals surface area (Å²) in [6.07, 6.45) is 3.13. The van der Waals surface area contributed by atoms with Gasteiger partial charge in [-0.15, -0.1) is 0 Å². The molecule has 1 rings (SSSR count). The van der Waals surface area contributed by atoms with Crippen LogP contribution < -0.4 is 5.73 Å². The van der Waals surface area contributed by atoms with Crippen molar-refractivity contribution in [3.63, 3.8) is 0 Å². The number of carbonyl (C=O) groups excluding carboxylic acids is 2. The number of nitrogens with zero attached hydrogens (tertiary/aromatic N) is 3. The van der Waals surface area contributed by atoms with Crippen LogP contribution in [0.15, 0.2) is 10.7 Å². The lowest BCUT2D eigenvalue weighted by molar-refractivity contribution is -0.118. The van der Waals surface area contributed by atoms with E-state index in [0.717, 1.165) is 11.2 Å². The largest absolute Gasteiger partial charge is 0.448 e. The normalized spacial score (nSPS) is 9.50. The molecular weight excluding hydrogens is 212 g/mol. The minimum Gasteiger partial charge on any atom is -0.448 e. The average molecular weight is 222 g/mol. The molecule has 1 aromatic rings. The highest BCUT2D eigenvalue weighted by molar-refractivity contribution is 5.92. The molecule has 0 aliphatic carbocycles. The van der Waals surface area contributed by atoms with Crippen molar-refractivity contribution < 1.29 is 14.0 Å². The monoisotopic (exact) mass is 222 g/mol. The van der Waals surface area contributed by atoms with Gasteiger partial charge in [-0.1, -0.05) is 0 Å². The van der Waals surface area contributed by atoms with Crippen LogP contribution in [-0.4, -0.2) is 28.7 Å². The fraction of sp³-hybridized carbons (Fsp3) is 0.333. The molecule has 0 aliphatic heterocycles. The van der Waals surface area contributed by atoms with E-state index in [4.69, 9.17) is 15.4 Å². The molecule has 0 saturated carbocycles. The molecule has 2 N–H and O–H groups in total. The zero-order valence-electron chi connectivity index (χ0n) is 8.64. The number of hydrogen-bond donors (Lipinski definition) is 1. The first kappa shape index (κ1) is 11.7. The summed E-state index contributed by atoms with van der Waals surface area (Å²) >= 11 is 0. The molecule has 7 nitrogen and oxygen atoms in total. The number of aromatic nitrogens is 1. The van der Waals surface area contributed by atoms with Crippen LogP contribution in [0.5, 0.6) is 0 Å². The van der Waals surface area contributed by atoms with Crippen molar-refractivity contribution >= 4 is 11.8 Å². The molecule has 0 aromatic carbocycles. The molecule has 0 fully saturated rings. The highest BCUT2D eigenvalue weighted by Crippen LogP contribution is 2.06. The summed E-state index contributed by atoms with van der Waals surface area (Å²) in [4.78, 5) is 26.6. The van der Waals surface area contributed by atoms with Crippen molar-refractivity contribution in [2.24, 2.45) is 5.73 Å². The molecule has 0 spiro atoms. The van der Waals surface area contributed by atoms with Gasteiger partial charge in [-0.2, -0.15) is 5.26 Å². The average Bonchev–Trinajstić information content (AvgIpc) is 2.72. The van der Waals surface area contributed by atoms with Crippen LogP contribution in [0.1, 0.15) is 22.8 Å². The smallest absolute Gasteiger partial charge is 0.288 e. The summed E-state index contributed by atoms with van der Waals surface area (Å²) in [5.74, 6) is -0.787. The second kappa shape index (κ2) is 4.93. The van der Waals surface area contributed by atoms with Gasteiger partial charge in [0.05, 0.1) is 0 Å². The SMILES string of the molecule is CN(C#N)C(=O)c1coc(CCC(N)=O)n1. The van der Waals surface area contributed by atoms with E-state index in [1.807, 2.05) is 0 Å². The Morgan fingerprint density at radius 1 is 1.69 bits per heavy atom. The Labute approximate surface area is 91.5 Å². The molecule has 0 bridgehead atoms. The van der Waals surface area contributed by atoms with Gasteiger partial charge in [0.2, 0.25) is 5.91 Å². The third kappa shape index (κ3) is 2.81. The quantitative estimate of drug-likeness (QED) is 0.552. The van der Waals surface area contributed by atoms with Crippen molar-refractivity contribution in [3.05, 3.63) is 17.8 Å². The number of aryl methyl sites for hydroxylation is 1. The summed E-state index contributed by atoms with van der Waals surface area (Å²) in [6.45, 7) is 0. The van der Waals surface area contributed by atoms with E-state index in [1.165, 1.54) is 7.05 Å². The molecule has 16 heavy (non-hydrogen) atoms. The van der Waals surface area contributed by atoms with Gasteiger partial charge in [-0.25, -0.2) is 9.88 Å². The van der Waals surface area contributed by atoms with Gasteiger partial charge in [-0.3, -0.25) is 9.59 Å². The van der Waals surface area contributed by atoms with E-state index >= 15 is 0 Å². The van der Waals surface area contributed by atoms with E-state index < -0.39 is 11.8 Å². The second-order valence-electron chi connectivity index (χ2n) is 3.06. The van der Waals surface area contributed by atoms with E-state index in [0.29, 0.717) is 0 Å². The van der Waals surface area contributed by atoms with Crippen LogP contribution in [0.3, 0.4) is 0 Å². The molecule has 0 radical (unpaired) electrons. The van der Waals surface area contributed by atoms with Crippen LogP contribution in [-0.2, 0) is 11.2 Å². The summed E-state index contributed by atoms with van der Waals surface area (Å²) < 4.78 is 4.96. The van der Waals surface area contributed by atoms with Gasteiger partial charge in [-0.05, 0) is 0 Å². The van der Waals surface area contributed by atoms with Crippen LogP contribution in [0.25, 0.3) is 0 Å². The third-order valence-corrected chi connectivity index (χ3v) is 1.81. The van der Waals surface area contributed by atoms with Gasteiger partial charge >= 0.3 is 0 Å². The standard InChI is InChI=1S/C9H10N4O3/c1-13(5-10)9(15)6-4-16-8(12-6)3-2-7(11)14/h4H,2-3H2,1H3,(H2,11,14). The Kier molecular flexibility index (Phi) is 3.61. The van der Waals surface area contributed by atoms with Gasteiger partial charge in [0.15, 0.2) is 17.8 Å². The number of carbonyl (C=O) groups is 2. The van der Waals surface area contributed by atoms with Crippen molar-refractivity contribution in [2.45, 2.75) is 12.8 Å². The van der Waals surface area contributed by atoms with E-state index in [1.54, 1.807) is 6.19 Å². The van der Waals surface area contributed by atoms with Crippen LogP contribution in [0.4, 0.5) is 0 Å². The van der Waals surface area contributed by atoms with Crippen molar-refractivity contribution in [2.75, 3.05) is 7.05 Å². The predicted molar refractivity (Wildman–Crippen MR) is 51.7 cm³/mol. The first-order valence-electron chi connectivity index (χ1n) is 4.45. The van der Waals surface area contributed by atoms with Crippen molar-refractivity contribution in [1.29, 1.82) is 5.26 Å². The molecule has 0 saturated heterocycles. The number of nitriles is 1. The highest BCUT2D eigenvalue weighted by atomic mass is 16.3. The summed E-state index contributed by atoms with van der Waals surface area (Å²) in [6, 6.07) is 0. The Morgan fingerprint density at radius 3 is 2.94 bits per heavy atom. The molecule has 1 aromatic heterocycles. The third-order valence-electron chi connectivity index (χ3n) is 1.81. The van der Waals surface area contributed by atoms with Gasteiger partial charge < -0.3 is 10.2 Å². The lowest BCUT2D eigenvalue weighted by atomic mass is 10.3. The number of hydrogen-bond acceptors (Lipinski definition) is 5. The lowest BCUT2D eigenvalue weighted by Gasteiger charge is -2.01. The fourth-order valence-corrected chi connectivity index (χ4v) is 0.971. The molecule has 84 valence electrons. The van der Waals surface area contributed by atoms with E-state index in [2.05, 4.69) is 4.98 Å². The predicted octanol–water partition coefficient (Wildman–Crippen LogP) is -0.354. The maximum absolute atomic E-state index is 11.4. The minimum atomic E-state index is -0.559. The Balaban J connectivity index is 2.68. The number of oxazole rings is 1. The topological polar surface area (TPSA) is 113 Å². The van der Waals surface area contributed by atoms with Gasteiger partial charge in [0, 0.05) is 19.9 Å². The number of amides is 2. The second-order valence-corrected chi connectivity index (χ2v) is 3.06. The molecule has 0 unspecified atom stereocenters. The molecule has 7 heteroatoms. The van der Waals surface area contributed by atoms with Gasteiger partial charge in [0.25, 0.3) is 5.91 Å². The molecule has 0 atom stereocenters. The van der Waals surface area contributed by atoms with Crippen molar-refractivity contribution in [3.8, 4) is 6.19 Å². The summed E-state index contributed by atoms with van der Waals surface area (Å²) in [5.41, 5.74) is 4.98. The molecule has 1 heterocycles. The maximum atomic E-state index is 11.4. The summed E-state index contributed by atoms with van der Waals surface area (Å²) in [7, 11) is 1.32. The maximum Gasteiger partial charge on any atom is 0.288 e. The minimum absolute atomic E-state index is 0.0310. The zero-order valence-corrected chi connectivity index (χ0v) is 8.64. The highest BCUT2D eigenvalue weighted by Gasteiger charge is 2.16. The molecular formula is C9H10N4O3. The fourth-order valence-electron chi connectivity index (χ4n) is 0.971. The number of rotatable bonds is 4. The van der Waals surface area contributed by atoms with Crippen molar-refractivity contribution in [1.82, 2.24) is 9.88 Å².